The van der Waals surface area contributed by atoms with E-state index in [0.29, 0.717) is 22.6 Å². The second kappa shape index (κ2) is 4.70. The van der Waals surface area contributed by atoms with Gasteiger partial charge in [-0.05, 0) is 36.0 Å². The largest absolute Gasteiger partial charge is 0.508 e. The highest BCUT2D eigenvalue weighted by Crippen LogP contribution is 2.34. The summed E-state index contributed by atoms with van der Waals surface area (Å²) in [5, 5.41) is 10.3. The van der Waals surface area contributed by atoms with Gasteiger partial charge < -0.3 is 5.11 Å². The summed E-state index contributed by atoms with van der Waals surface area (Å²) in [5.74, 6) is 1.26. The number of benzene rings is 1. The summed E-state index contributed by atoms with van der Waals surface area (Å²) >= 11 is 5.78. The number of hydrogen-bond acceptors (Lipinski definition) is 1. The third-order valence-corrected chi connectivity index (χ3v) is 2.87. The van der Waals surface area contributed by atoms with Crippen molar-refractivity contribution in [2.24, 2.45) is 5.92 Å². The molecule has 2 heteroatoms. The van der Waals surface area contributed by atoms with Gasteiger partial charge in [0.15, 0.2) is 0 Å². The van der Waals surface area contributed by atoms with Crippen LogP contribution in [0.25, 0.3) is 0 Å². The van der Waals surface area contributed by atoms with Crippen LogP contribution < -0.4 is 0 Å². The van der Waals surface area contributed by atoms with Gasteiger partial charge in [-0.2, -0.15) is 0 Å². The Morgan fingerprint density at radius 1 is 1.36 bits per heavy atom. The molecule has 1 aromatic rings. The number of aromatic hydroxyl groups is 1. The Kier molecular flexibility index (Phi) is 3.82. The summed E-state index contributed by atoms with van der Waals surface area (Å²) < 4.78 is 0. The minimum Gasteiger partial charge on any atom is -0.508 e. The molecule has 1 nitrogen and oxygen atoms in total. The van der Waals surface area contributed by atoms with Crippen molar-refractivity contribution in [2.75, 3.05) is 0 Å². The minimum absolute atomic E-state index is 0.318. The summed E-state index contributed by atoms with van der Waals surface area (Å²) in [5.41, 5.74) is 1.01. The van der Waals surface area contributed by atoms with Crippen LogP contribution in [0.3, 0.4) is 0 Å². The Labute approximate surface area is 90.7 Å². The molecule has 0 amide bonds. The van der Waals surface area contributed by atoms with E-state index in [-0.39, 0.29) is 0 Å². The highest BCUT2D eigenvalue weighted by Gasteiger charge is 2.16. The summed E-state index contributed by atoms with van der Waals surface area (Å²) in [6.45, 7) is 6.48. The van der Waals surface area contributed by atoms with Crippen molar-refractivity contribution < 1.29 is 5.11 Å². The van der Waals surface area contributed by atoms with Crippen LogP contribution in [0.2, 0.25) is 5.02 Å². The van der Waals surface area contributed by atoms with Gasteiger partial charge in [0.05, 0.1) is 0 Å². The van der Waals surface area contributed by atoms with Gasteiger partial charge in [0.25, 0.3) is 0 Å². The smallest absolute Gasteiger partial charge is 0.120 e. The van der Waals surface area contributed by atoms with Gasteiger partial charge in [-0.25, -0.2) is 0 Å². The quantitative estimate of drug-likeness (QED) is 0.797. The Bertz CT molecular complexity index is 307. The van der Waals surface area contributed by atoms with E-state index in [9.17, 15) is 5.11 Å². The molecule has 0 aliphatic rings. The van der Waals surface area contributed by atoms with Crippen molar-refractivity contribution in [3.05, 3.63) is 28.8 Å². The molecule has 0 aliphatic heterocycles. The molecule has 14 heavy (non-hydrogen) atoms. The van der Waals surface area contributed by atoms with Crippen molar-refractivity contribution >= 4 is 11.6 Å². The van der Waals surface area contributed by atoms with Gasteiger partial charge in [0.1, 0.15) is 5.75 Å². The van der Waals surface area contributed by atoms with Gasteiger partial charge in [-0.3, -0.25) is 0 Å². The molecular formula is C12H17ClO. The fourth-order valence-corrected chi connectivity index (χ4v) is 2.05. The van der Waals surface area contributed by atoms with Crippen molar-refractivity contribution in [2.45, 2.75) is 33.1 Å². The zero-order valence-corrected chi connectivity index (χ0v) is 9.67. The maximum absolute atomic E-state index is 9.76. The van der Waals surface area contributed by atoms with Crippen LogP contribution in [-0.4, -0.2) is 5.11 Å². The van der Waals surface area contributed by atoms with E-state index in [1.54, 1.807) is 6.07 Å². The zero-order chi connectivity index (χ0) is 10.7. The number of halogens is 1. The first-order chi connectivity index (χ1) is 6.56. The van der Waals surface area contributed by atoms with Crippen molar-refractivity contribution in [3.8, 4) is 5.75 Å². The van der Waals surface area contributed by atoms with Gasteiger partial charge in [0.2, 0.25) is 0 Å². The molecule has 1 rings (SSSR count). The van der Waals surface area contributed by atoms with Gasteiger partial charge in [-0.15, -0.1) is 0 Å². The molecule has 0 radical (unpaired) electrons. The first-order valence-electron chi connectivity index (χ1n) is 5.04. The van der Waals surface area contributed by atoms with Gasteiger partial charge >= 0.3 is 0 Å². The normalized spacial score (nSPS) is 13.2. The molecule has 0 aromatic heterocycles. The van der Waals surface area contributed by atoms with E-state index in [1.807, 2.05) is 12.1 Å². The van der Waals surface area contributed by atoms with Gasteiger partial charge in [-0.1, -0.05) is 38.4 Å². The molecule has 0 heterocycles. The first-order valence-corrected chi connectivity index (χ1v) is 5.42. The van der Waals surface area contributed by atoms with Crippen LogP contribution in [0, 0.1) is 5.92 Å². The van der Waals surface area contributed by atoms with Crippen molar-refractivity contribution in [1.29, 1.82) is 0 Å². The number of rotatable bonds is 3. The Hall–Kier alpha value is -0.690. The summed E-state index contributed by atoms with van der Waals surface area (Å²) in [7, 11) is 0. The van der Waals surface area contributed by atoms with E-state index in [2.05, 4.69) is 20.8 Å². The lowest BCUT2D eigenvalue weighted by Crippen LogP contribution is -2.05. The third-order valence-electron chi connectivity index (χ3n) is 2.64. The minimum atomic E-state index is 0.318. The van der Waals surface area contributed by atoms with Gasteiger partial charge in [0, 0.05) is 5.02 Å². The lowest BCUT2D eigenvalue weighted by molar-refractivity contribution is 0.430. The summed E-state index contributed by atoms with van der Waals surface area (Å²) in [6.07, 6.45) is 1.03. The zero-order valence-electron chi connectivity index (χ0n) is 8.92. The predicted molar refractivity (Wildman–Crippen MR) is 61.0 cm³/mol. The molecule has 78 valence electrons. The Balaban J connectivity index is 3.04. The van der Waals surface area contributed by atoms with E-state index < -0.39 is 0 Å². The van der Waals surface area contributed by atoms with Crippen LogP contribution in [-0.2, 0) is 0 Å². The number of hydrogen-bond donors (Lipinski definition) is 1. The molecule has 1 unspecified atom stereocenters. The molecule has 1 aromatic carbocycles. The fraction of sp³-hybridized carbons (Fsp3) is 0.500. The van der Waals surface area contributed by atoms with E-state index in [0.717, 1.165) is 12.0 Å². The molecule has 1 atom stereocenters. The first kappa shape index (κ1) is 11.4. The second-order valence-corrected chi connectivity index (χ2v) is 4.40. The SMILES string of the molecule is CCC(c1ccc(Cl)cc1O)C(C)C. The molecule has 1 N–H and O–H groups in total. The van der Waals surface area contributed by atoms with Crippen LogP contribution in [0.15, 0.2) is 18.2 Å². The Morgan fingerprint density at radius 3 is 2.43 bits per heavy atom. The average Bonchev–Trinajstić information content (AvgIpc) is 2.09. The third kappa shape index (κ3) is 2.42. The molecular weight excluding hydrogens is 196 g/mol. The molecule has 0 spiro atoms. The highest BCUT2D eigenvalue weighted by molar-refractivity contribution is 6.30. The average molecular weight is 213 g/mol. The van der Waals surface area contributed by atoms with Crippen LogP contribution in [0.5, 0.6) is 5.75 Å². The van der Waals surface area contributed by atoms with Crippen molar-refractivity contribution in [1.82, 2.24) is 0 Å². The molecule has 0 fully saturated rings. The van der Waals surface area contributed by atoms with E-state index >= 15 is 0 Å². The molecule has 0 aliphatic carbocycles. The highest BCUT2D eigenvalue weighted by atomic mass is 35.5. The molecule has 0 bridgehead atoms. The summed E-state index contributed by atoms with van der Waals surface area (Å²) in [6, 6.07) is 5.37. The predicted octanol–water partition coefficient (Wildman–Crippen LogP) is 4.20. The van der Waals surface area contributed by atoms with Crippen LogP contribution in [0.1, 0.15) is 38.7 Å². The topological polar surface area (TPSA) is 20.2 Å². The van der Waals surface area contributed by atoms with E-state index in [1.165, 1.54) is 0 Å². The van der Waals surface area contributed by atoms with E-state index in [4.69, 9.17) is 11.6 Å². The van der Waals surface area contributed by atoms with Crippen LogP contribution >= 0.6 is 11.6 Å². The maximum atomic E-state index is 9.76. The summed E-state index contributed by atoms with van der Waals surface area (Å²) in [4.78, 5) is 0. The number of phenols is 1. The fourth-order valence-electron chi connectivity index (χ4n) is 1.88. The molecule has 0 saturated heterocycles. The standard InChI is InChI=1S/C12H17ClO/c1-4-10(8(2)3)11-6-5-9(13)7-12(11)14/h5-8,10,14H,4H2,1-3H3. The maximum Gasteiger partial charge on any atom is 0.120 e. The Morgan fingerprint density at radius 2 is 2.00 bits per heavy atom. The second-order valence-electron chi connectivity index (χ2n) is 3.96. The monoisotopic (exact) mass is 212 g/mol. The van der Waals surface area contributed by atoms with Crippen LogP contribution in [0.4, 0.5) is 0 Å². The van der Waals surface area contributed by atoms with Crippen molar-refractivity contribution in [3.63, 3.8) is 0 Å². The lowest BCUT2D eigenvalue weighted by Gasteiger charge is -2.20. The number of phenolic OH excluding ortho intramolecular Hbond substituents is 1. The molecule has 0 saturated carbocycles. The lowest BCUT2D eigenvalue weighted by atomic mass is 9.86.